The van der Waals surface area contributed by atoms with Gasteiger partial charge in [-0.1, -0.05) is 0 Å². The Labute approximate surface area is 98.2 Å². The van der Waals surface area contributed by atoms with Gasteiger partial charge in [-0.05, 0) is 36.6 Å². The quantitative estimate of drug-likeness (QED) is 0.490. The summed E-state index contributed by atoms with van der Waals surface area (Å²) in [7, 11) is 0. The number of hydrogen-bond donors (Lipinski definition) is 1. The number of halogens is 1. The summed E-state index contributed by atoms with van der Waals surface area (Å²) >= 11 is 1.69. The summed E-state index contributed by atoms with van der Waals surface area (Å²) in [5, 5.41) is 0. The Hall–Kier alpha value is -1.23. The number of ether oxygens (including phenoxy) is 1. The molecule has 0 radical (unpaired) electrons. The van der Waals surface area contributed by atoms with Gasteiger partial charge in [0.1, 0.15) is 5.82 Å². The number of thioether (sulfide) groups is 1. The summed E-state index contributed by atoms with van der Waals surface area (Å²) in [6.45, 7) is 0.358. The van der Waals surface area contributed by atoms with Crippen LogP contribution in [0.2, 0.25) is 0 Å². The van der Waals surface area contributed by atoms with Crippen LogP contribution in [-0.4, -0.2) is 24.6 Å². The van der Waals surface area contributed by atoms with E-state index in [9.17, 15) is 9.18 Å². The number of carbonyl (C=O) groups is 1. The molecule has 0 saturated carbocycles. The predicted molar refractivity (Wildman–Crippen MR) is 64.1 cm³/mol. The van der Waals surface area contributed by atoms with Crippen LogP contribution in [-0.2, 0) is 4.74 Å². The zero-order chi connectivity index (χ0) is 12.0. The largest absolute Gasteiger partial charge is 0.462 e. The average Bonchev–Trinajstić information content (AvgIpc) is 2.24. The van der Waals surface area contributed by atoms with Crippen molar-refractivity contribution in [2.75, 3.05) is 24.3 Å². The Balaban J connectivity index is 2.53. The first-order chi connectivity index (χ1) is 7.65. The average molecular weight is 243 g/mol. The molecule has 5 heteroatoms. The molecule has 0 aliphatic heterocycles. The van der Waals surface area contributed by atoms with Gasteiger partial charge in [0.15, 0.2) is 0 Å². The summed E-state index contributed by atoms with van der Waals surface area (Å²) < 4.78 is 17.7. The SMILES string of the molecule is CSCCCOC(=O)c1ccc(F)cc1N. The van der Waals surface area contributed by atoms with E-state index in [0.29, 0.717) is 6.61 Å². The van der Waals surface area contributed by atoms with Crippen LogP contribution in [0, 0.1) is 5.82 Å². The Bertz CT molecular complexity index is 371. The van der Waals surface area contributed by atoms with Gasteiger partial charge in [0.25, 0.3) is 0 Å². The zero-order valence-corrected chi connectivity index (χ0v) is 9.85. The van der Waals surface area contributed by atoms with Crippen molar-refractivity contribution in [3.63, 3.8) is 0 Å². The maximum atomic E-state index is 12.7. The number of carbonyl (C=O) groups excluding carboxylic acids is 1. The van der Waals surface area contributed by atoms with E-state index in [2.05, 4.69) is 0 Å². The van der Waals surface area contributed by atoms with Crippen molar-refractivity contribution >= 4 is 23.4 Å². The summed E-state index contributed by atoms with van der Waals surface area (Å²) in [5.74, 6) is -0.0262. The zero-order valence-electron chi connectivity index (χ0n) is 9.03. The number of nitrogens with two attached hydrogens (primary N) is 1. The molecule has 1 aromatic carbocycles. The van der Waals surface area contributed by atoms with Gasteiger partial charge >= 0.3 is 5.97 Å². The van der Waals surface area contributed by atoms with E-state index >= 15 is 0 Å². The molecule has 0 aliphatic rings. The Kier molecular flexibility index (Phi) is 5.11. The molecule has 0 heterocycles. The van der Waals surface area contributed by atoms with Gasteiger partial charge in [0, 0.05) is 5.69 Å². The number of anilines is 1. The standard InChI is InChI=1S/C11H14FNO2S/c1-16-6-2-5-15-11(14)9-4-3-8(12)7-10(9)13/h3-4,7H,2,5-6,13H2,1H3. The fourth-order valence-electron chi connectivity index (χ4n) is 1.17. The second kappa shape index (κ2) is 6.37. The lowest BCUT2D eigenvalue weighted by Gasteiger charge is -2.06. The lowest BCUT2D eigenvalue weighted by atomic mass is 10.2. The van der Waals surface area contributed by atoms with Gasteiger partial charge in [-0.25, -0.2) is 9.18 Å². The number of rotatable bonds is 5. The smallest absolute Gasteiger partial charge is 0.340 e. The van der Waals surface area contributed by atoms with Gasteiger partial charge in [0.2, 0.25) is 0 Å². The first-order valence-corrected chi connectivity index (χ1v) is 6.25. The number of nitrogen functional groups attached to an aromatic ring is 1. The number of benzene rings is 1. The molecule has 0 saturated heterocycles. The molecule has 1 rings (SSSR count). The van der Waals surface area contributed by atoms with E-state index in [-0.39, 0.29) is 11.3 Å². The maximum absolute atomic E-state index is 12.7. The van der Waals surface area contributed by atoms with Crippen LogP contribution in [0.4, 0.5) is 10.1 Å². The fourth-order valence-corrected chi connectivity index (χ4v) is 1.57. The third-order valence-electron chi connectivity index (χ3n) is 1.96. The minimum absolute atomic E-state index is 0.106. The van der Waals surface area contributed by atoms with E-state index in [1.54, 1.807) is 11.8 Å². The van der Waals surface area contributed by atoms with Gasteiger partial charge in [-0.2, -0.15) is 11.8 Å². The Morgan fingerprint density at radius 1 is 1.56 bits per heavy atom. The molecule has 0 amide bonds. The normalized spacial score (nSPS) is 10.1. The summed E-state index contributed by atoms with van der Waals surface area (Å²) in [6, 6.07) is 3.63. The molecule has 88 valence electrons. The number of hydrogen-bond acceptors (Lipinski definition) is 4. The van der Waals surface area contributed by atoms with E-state index in [4.69, 9.17) is 10.5 Å². The van der Waals surface area contributed by atoms with Crippen molar-refractivity contribution in [1.82, 2.24) is 0 Å². The molecule has 0 aromatic heterocycles. The number of esters is 1. The van der Waals surface area contributed by atoms with Crippen LogP contribution in [0.3, 0.4) is 0 Å². The highest BCUT2D eigenvalue weighted by Gasteiger charge is 2.11. The lowest BCUT2D eigenvalue weighted by Crippen LogP contribution is -2.09. The van der Waals surface area contributed by atoms with Crippen molar-refractivity contribution in [2.24, 2.45) is 0 Å². The van der Waals surface area contributed by atoms with E-state index in [0.717, 1.165) is 18.2 Å². The maximum Gasteiger partial charge on any atom is 0.340 e. The van der Waals surface area contributed by atoms with Gasteiger partial charge in [0.05, 0.1) is 12.2 Å². The third kappa shape index (κ3) is 3.73. The third-order valence-corrected chi connectivity index (χ3v) is 2.66. The molecule has 2 N–H and O–H groups in total. The first-order valence-electron chi connectivity index (χ1n) is 4.86. The van der Waals surface area contributed by atoms with Crippen LogP contribution < -0.4 is 5.73 Å². The highest BCUT2D eigenvalue weighted by Crippen LogP contribution is 2.14. The summed E-state index contributed by atoms with van der Waals surface area (Å²) in [5.41, 5.74) is 5.83. The molecule has 0 spiro atoms. The highest BCUT2D eigenvalue weighted by atomic mass is 32.2. The first kappa shape index (κ1) is 12.8. The minimum Gasteiger partial charge on any atom is -0.462 e. The van der Waals surface area contributed by atoms with Crippen molar-refractivity contribution < 1.29 is 13.9 Å². The van der Waals surface area contributed by atoms with Gasteiger partial charge in [-0.15, -0.1) is 0 Å². The van der Waals surface area contributed by atoms with Crippen molar-refractivity contribution in [3.8, 4) is 0 Å². The molecule has 16 heavy (non-hydrogen) atoms. The van der Waals surface area contributed by atoms with Crippen LogP contribution in [0.5, 0.6) is 0 Å². The van der Waals surface area contributed by atoms with Crippen LogP contribution in [0.15, 0.2) is 18.2 Å². The molecule has 0 bridgehead atoms. The second-order valence-electron chi connectivity index (χ2n) is 3.21. The van der Waals surface area contributed by atoms with Gasteiger partial charge < -0.3 is 10.5 Å². The second-order valence-corrected chi connectivity index (χ2v) is 4.20. The molecule has 1 aromatic rings. The van der Waals surface area contributed by atoms with Crippen molar-refractivity contribution in [1.29, 1.82) is 0 Å². The minimum atomic E-state index is -0.501. The monoisotopic (exact) mass is 243 g/mol. The van der Waals surface area contributed by atoms with Crippen molar-refractivity contribution in [3.05, 3.63) is 29.6 Å². The van der Waals surface area contributed by atoms with E-state index in [1.165, 1.54) is 12.1 Å². The van der Waals surface area contributed by atoms with E-state index < -0.39 is 11.8 Å². The molecule has 0 aliphatic carbocycles. The summed E-state index contributed by atoms with van der Waals surface area (Å²) in [4.78, 5) is 11.5. The Morgan fingerprint density at radius 3 is 2.94 bits per heavy atom. The predicted octanol–water partition coefficient (Wildman–Crippen LogP) is 2.32. The molecule has 3 nitrogen and oxygen atoms in total. The Morgan fingerprint density at radius 2 is 2.31 bits per heavy atom. The topological polar surface area (TPSA) is 52.3 Å². The van der Waals surface area contributed by atoms with Crippen LogP contribution in [0.1, 0.15) is 16.8 Å². The summed E-state index contributed by atoms with van der Waals surface area (Å²) in [6.07, 6.45) is 2.79. The van der Waals surface area contributed by atoms with Crippen LogP contribution >= 0.6 is 11.8 Å². The fraction of sp³-hybridized carbons (Fsp3) is 0.364. The molecule has 0 fully saturated rings. The van der Waals surface area contributed by atoms with Gasteiger partial charge in [-0.3, -0.25) is 0 Å². The molecular formula is C11H14FNO2S. The van der Waals surface area contributed by atoms with E-state index in [1.807, 2.05) is 6.26 Å². The highest BCUT2D eigenvalue weighted by molar-refractivity contribution is 7.98. The molecular weight excluding hydrogens is 229 g/mol. The molecule has 0 atom stereocenters. The molecule has 0 unspecified atom stereocenters. The van der Waals surface area contributed by atoms with Crippen LogP contribution in [0.25, 0.3) is 0 Å². The lowest BCUT2D eigenvalue weighted by molar-refractivity contribution is 0.0507. The van der Waals surface area contributed by atoms with Crippen molar-refractivity contribution in [2.45, 2.75) is 6.42 Å².